The Hall–Kier alpha value is -3.63. The van der Waals surface area contributed by atoms with Gasteiger partial charge in [-0.05, 0) is 49.4 Å². The summed E-state index contributed by atoms with van der Waals surface area (Å²) in [5, 5.41) is 14.3. The molecule has 0 aliphatic rings. The number of benzene rings is 3. The van der Waals surface area contributed by atoms with Crippen LogP contribution in [0.15, 0.2) is 71.6 Å². The summed E-state index contributed by atoms with van der Waals surface area (Å²) in [6.07, 6.45) is 0. The van der Waals surface area contributed by atoms with Crippen LogP contribution in [0.4, 0.5) is 0 Å². The number of rotatable bonds is 4. The Morgan fingerprint density at radius 1 is 1.03 bits per heavy atom. The quantitative estimate of drug-likeness (QED) is 0.511. The van der Waals surface area contributed by atoms with Gasteiger partial charge in [0.05, 0.1) is 29.2 Å². The van der Waals surface area contributed by atoms with Gasteiger partial charge in [-0.25, -0.2) is 0 Å². The highest BCUT2D eigenvalue weighted by Gasteiger charge is 2.24. The van der Waals surface area contributed by atoms with Gasteiger partial charge in [0, 0.05) is 10.9 Å². The van der Waals surface area contributed by atoms with Gasteiger partial charge in [-0.15, -0.1) is 0 Å². The number of fused-ring (bicyclic) bond motifs is 1. The summed E-state index contributed by atoms with van der Waals surface area (Å²) in [5.74, 6) is 0.628. The standard InChI is InChI=1S/C22H17N3O3S/c1-15-6-9-19(10-7-15)29(26,27)25-21-11-8-16(14-23)12-20(21)22(24-25)17-4-3-5-18(13-17)28-2/h3-13H,1-2H3. The average Bonchev–Trinajstić information content (AvgIpc) is 3.13. The van der Waals surface area contributed by atoms with E-state index in [1.165, 1.54) is 0 Å². The minimum absolute atomic E-state index is 0.147. The number of hydrogen-bond acceptors (Lipinski definition) is 5. The van der Waals surface area contributed by atoms with Gasteiger partial charge in [-0.1, -0.05) is 29.8 Å². The molecule has 4 aromatic rings. The largest absolute Gasteiger partial charge is 0.497 e. The number of aromatic nitrogens is 2. The molecule has 0 radical (unpaired) electrons. The number of ether oxygens (including phenoxy) is 1. The molecule has 3 aromatic carbocycles. The van der Waals surface area contributed by atoms with Gasteiger partial charge in [0.25, 0.3) is 10.0 Å². The summed E-state index contributed by atoms with van der Waals surface area (Å²) < 4.78 is 32.9. The van der Waals surface area contributed by atoms with Crippen LogP contribution in [-0.4, -0.2) is 24.7 Å². The molecule has 144 valence electrons. The highest BCUT2D eigenvalue weighted by Crippen LogP contribution is 2.32. The van der Waals surface area contributed by atoms with Crippen LogP contribution in [0.3, 0.4) is 0 Å². The maximum atomic E-state index is 13.3. The smallest absolute Gasteiger partial charge is 0.283 e. The number of hydrogen-bond donors (Lipinski definition) is 0. The lowest BCUT2D eigenvalue weighted by Gasteiger charge is -2.06. The topological polar surface area (TPSA) is 85.0 Å². The molecule has 1 heterocycles. The van der Waals surface area contributed by atoms with Crippen molar-refractivity contribution in [3.63, 3.8) is 0 Å². The Morgan fingerprint density at radius 2 is 1.79 bits per heavy atom. The van der Waals surface area contributed by atoms with Crippen LogP contribution < -0.4 is 4.74 Å². The van der Waals surface area contributed by atoms with E-state index in [2.05, 4.69) is 11.2 Å². The van der Waals surface area contributed by atoms with Crippen molar-refractivity contribution in [1.29, 1.82) is 5.26 Å². The second-order valence-electron chi connectivity index (χ2n) is 6.59. The SMILES string of the molecule is COc1cccc(-c2nn(S(=O)(=O)c3ccc(C)cc3)c3ccc(C#N)cc23)c1. The monoisotopic (exact) mass is 403 g/mol. The predicted molar refractivity (Wildman–Crippen MR) is 110 cm³/mol. The lowest BCUT2D eigenvalue weighted by molar-refractivity contribution is 0.415. The van der Waals surface area contributed by atoms with Crippen LogP contribution in [0, 0.1) is 18.3 Å². The zero-order valence-corrected chi connectivity index (χ0v) is 16.6. The fraction of sp³-hybridized carbons (Fsp3) is 0.0909. The molecule has 0 atom stereocenters. The van der Waals surface area contributed by atoms with Crippen LogP contribution in [0.25, 0.3) is 22.2 Å². The third kappa shape index (κ3) is 3.24. The van der Waals surface area contributed by atoms with E-state index in [9.17, 15) is 13.7 Å². The molecule has 0 bridgehead atoms. The van der Waals surface area contributed by atoms with Crippen molar-refractivity contribution in [2.75, 3.05) is 7.11 Å². The maximum Gasteiger partial charge on any atom is 0.283 e. The van der Waals surface area contributed by atoms with Crippen LogP contribution in [0.1, 0.15) is 11.1 Å². The average molecular weight is 403 g/mol. The second kappa shape index (κ2) is 7.08. The molecule has 0 fully saturated rings. The van der Waals surface area contributed by atoms with Crippen LogP contribution >= 0.6 is 0 Å². The predicted octanol–water partition coefficient (Wildman–Crippen LogP) is 4.13. The summed E-state index contributed by atoms with van der Waals surface area (Å²) in [4.78, 5) is 0.147. The molecule has 0 aliphatic carbocycles. The van der Waals surface area contributed by atoms with E-state index in [4.69, 9.17) is 4.74 Å². The van der Waals surface area contributed by atoms with Gasteiger partial charge in [0.15, 0.2) is 0 Å². The van der Waals surface area contributed by atoms with E-state index in [1.807, 2.05) is 19.1 Å². The molecular formula is C22H17N3O3S. The van der Waals surface area contributed by atoms with E-state index in [1.54, 1.807) is 61.7 Å². The normalized spacial score (nSPS) is 11.3. The molecular weight excluding hydrogens is 386 g/mol. The zero-order chi connectivity index (χ0) is 20.6. The van der Waals surface area contributed by atoms with Gasteiger partial charge >= 0.3 is 0 Å². The summed E-state index contributed by atoms with van der Waals surface area (Å²) >= 11 is 0. The molecule has 7 heteroatoms. The summed E-state index contributed by atoms with van der Waals surface area (Å²) in [6.45, 7) is 1.89. The third-order valence-electron chi connectivity index (χ3n) is 4.67. The van der Waals surface area contributed by atoms with E-state index < -0.39 is 10.0 Å². The summed E-state index contributed by atoms with van der Waals surface area (Å²) in [5.41, 5.74) is 2.95. The highest BCUT2D eigenvalue weighted by atomic mass is 32.2. The van der Waals surface area contributed by atoms with Gasteiger partial charge in [0.2, 0.25) is 0 Å². The van der Waals surface area contributed by atoms with Crippen molar-refractivity contribution in [1.82, 2.24) is 9.19 Å². The lowest BCUT2D eigenvalue weighted by atomic mass is 10.1. The first-order chi connectivity index (χ1) is 13.9. The zero-order valence-electron chi connectivity index (χ0n) is 15.8. The molecule has 0 unspecified atom stereocenters. The summed E-state index contributed by atoms with van der Waals surface area (Å²) in [7, 11) is -2.35. The Kier molecular flexibility index (Phi) is 4.57. The van der Waals surface area contributed by atoms with Crippen LogP contribution in [0.5, 0.6) is 5.75 Å². The molecule has 6 nitrogen and oxygen atoms in total. The van der Waals surface area contributed by atoms with Crippen LogP contribution in [-0.2, 0) is 10.0 Å². The van der Waals surface area contributed by atoms with Crippen molar-refractivity contribution in [3.8, 4) is 23.1 Å². The summed E-state index contributed by atoms with van der Waals surface area (Å²) in [6, 6.07) is 20.8. The minimum Gasteiger partial charge on any atom is -0.497 e. The molecule has 0 N–H and O–H groups in total. The molecule has 1 aromatic heterocycles. The molecule has 0 amide bonds. The number of methoxy groups -OCH3 is 1. The molecule has 4 rings (SSSR count). The van der Waals surface area contributed by atoms with Crippen molar-refractivity contribution < 1.29 is 13.2 Å². The van der Waals surface area contributed by atoms with Gasteiger partial charge in [-0.2, -0.15) is 22.9 Å². The van der Waals surface area contributed by atoms with Crippen molar-refractivity contribution >= 4 is 20.9 Å². The molecule has 29 heavy (non-hydrogen) atoms. The second-order valence-corrected chi connectivity index (χ2v) is 8.35. The van der Waals surface area contributed by atoms with E-state index >= 15 is 0 Å². The van der Waals surface area contributed by atoms with E-state index in [0.29, 0.717) is 33.5 Å². The van der Waals surface area contributed by atoms with Crippen LogP contribution in [0.2, 0.25) is 0 Å². The Labute approximate surface area is 168 Å². The highest BCUT2D eigenvalue weighted by molar-refractivity contribution is 7.90. The number of nitrogens with zero attached hydrogens (tertiary/aromatic N) is 3. The minimum atomic E-state index is -3.91. The first kappa shape index (κ1) is 18.7. The third-order valence-corrected chi connectivity index (χ3v) is 6.27. The van der Waals surface area contributed by atoms with Gasteiger partial charge in [0.1, 0.15) is 11.4 Å². The van der Waals surface area contributed by atoms with E-state index in [-0.39, 0.29) is 4.90 Å². The fourth-order valence-electron chi connectivity index (χ4n) is 3.14. The Bertz CT molecular complexity index is 1360. The first-order valence-corrected chi connectivity index (χ1v) is 10.3. The fourth-order valence-corrected chi connectivity index (χ4v) is 4.42. The van der Waals surface area contributed by atoms with Gasteiger partial charge in [-0.3, -0.25) is 0 Å². The first-order valence-electron chi connectivity index (χ1n) is 8.83. The van der Waals surface area contributed by atoms with Crippen molar-refractivity contribution in [2.45, 2.75) is 11.8 Å². The Morgan fingerprint density at radius 3 is 2.48 bits per heavy atom. The maximum absolute atomic E-state index is 13.3. The molecule has 0 aliphatic heterocycles. The lowest BCUT2D eigenvalue weighted by Crippen LogP contribution is -2.14. The molecule has 0 saturated heterocycles. The van der Waals surface area contributed by atoms with Gasteiger partial charge < -0.3 is 4.74 Å². The number of nitriles is 1. The molecule has 0 saturated carbocycles. The van der Waals surface area contributed by atoms with Crippen molar-refractivity contribution in [2.24, 2.45) is 0 Å². The number of aryl methyl sites for hydroxylation is 1. The van der Waals surface area contributed by atoms with E-state index in [0.717, 1.165) is 9.65 Å². The van der Waals surface area contributed by atoms with Crippen molar-refractivity contribution in [3.05, 3.63) is 77.9 Å². The Balaban J connectivity index is 2.01. The molecule has 0 spiro atoms.